The Hall–Kier alpha value is -1.17. The van der Waals surface area contributed by atoms with Crippen LogP contribution in [0, 0.1) is 0 Å². The molecule has 1 aromatic heterocycles. The van der Waals surface area contributed by atoms with Crippen LogP contribution in [-0.2, 0) is 24.4 Å². The molecule has 0 unspecified atom stereocenters. The molecule has 0 amide bonds. The number of nitrogens with one attached hydrogen (secondary N) is 2. The Balaban J connectivity index is 1.95. The normalized spacial score (nSPS) is 22.6. The highest BCUT2D eigenvalue weighted by molar-refractivity contribution is 5.49. The fourth-order valence-electron chi connectivity index (χ4n) is 2.89. The average molecular weight is 262 g/mol. The molecule has 5 heteroatoms. The van der Waals surface area contributed by atoms with Gasteiger partial charge in [0.15, 0.2) is 0 Å². The Labute approximate surface area is 114 Å². The van der Waals surface area contributed by atoms with Crippen LogP contribution in [0.2, 0.25) is 0 Å². The van der Waals surface area contributed by atoms with Crippen molar-refractivity contribution in [2.24, 2.45) is 0 Å². The number of nitrogens with zero attached hydrogens (tertiary/aromatic N) is 2. The van der Waals surface area contributed by atoms with Crippen LogP contribution in [0.5, 0.6) is 0 Å². The van der Waals surface area contributed by atoms with Gasteiger partial charge in [0.2, 0.25) is 0 Å². The molecule has 1 aromatic rings. The van der Waals surface area contributed by atoms with Gasteiger partial charge in [-0.05, 0) is 31.2 Å². The molecule has 0 bridgehead atoms. The molecule has 1 saturated heterocycles. The van der Waals surface area contributed by atoms with Crippen LogP contribution in [0.1, 0.15) is 23.7 Å². The van der Waals surface area contributed by atoms with Crippen LogP contribution < -0.4 is 15.5 Å². The first-order chi connectivity index (χ1) is 9.29. The first-order valence-corrected chi connectivity index (χ1v) is 7.01. The lowest BCUT2D eigenvalue weighted by Crippen LogP contribution is -2.44. The number of pyridine rings is 1. The average Bonchev–Trinajstić information content (AvgIpc) is 2.88. The van der Waals surface area contributed by atoms with Gasteiger partial charge in [-0.3, -0.25) is 0 Å². The second-order valence-electron chi connectivity index (χ2n) is 5.32. The van der Waals surface area contributed by atoms with Crippen LogP contribution >= 0.6 is 0 Å². The van der Waals surface area contributed by atoms with Crippen molar-refractivity contribution in [3.8, 4) is 0 Å². The maximum absolute atomic E-state index is 5.51. The highest BCUT2D eigenvalue weighted by Gasteiger charge is 2.23. The monoisotopic (exact) mass is 262 g/mol. The second-order valence-corrected chi connectivity index (χ2v) is 5.32. The summed E-state index contributed by atoms with van der Waals surface area (Å²) < 4.78 is 5.51. The van der Waals surface area contributed by atoms with E-state index in [2.05, 4.69) is 28.5 Å². The third kappa shape index (κ3) is 2.45. The van der Waals surface area contributed by atoms with Gasteiger partial charge in [0.05, 0.1) is 24.9 Å². The standard InChI is InChI=1S/C14H22N4O/c1-10-9-19-4-3-18(10)14-5-11-6-16-7-12(11)13(17-14)8-15-2/h5,10,15-16H,3-4,6-9H2,1-2H3/t10-/m1/s1. The largest absolute Gasteiger partial charge is 0.377 e. The van der Waals surface area contributed by atoms with Crippen molar-refractivity contribution in [3.63, 3.8) is 0 Å². The Morgan fingerprint density at radius 3 is 3.21 bits per heavy atom. The number of rotatable bonds is 3. The van der Waals surface area contributed by atoms with Gasteiger partial charge in [0.1, 0.15) is 5.82 Å². The number of morpholine rings is 1. The topological polar surface area (TPSA) is 49.4 Å². The molecular formula is C14H22N4O. The Morgan fingerprint density at radius 1 is 1.53 bits per heavy atom. The van der Waals surface area contributed by atoms with Gasteiger partial charge in [-0.25, -0.2) is 4.98 Å². The summed E-state index contributed by atoms with van der Waals surface area (Å²) in [6.07, 6.45) is 0. The predicted molar refractivity (Wildman–Crippen MR) is 75.2 cm³/mol. The molecule has 5 nitrogen and oxygen atoms in total. The predicted octanol–water partition coefficient (Wildman–Crippen LogP) is 0.629. The zero-order valence-electron chi connectivity index (χ0n) is 11.7. The molecule has 3 heterocycles. The molecule has 0 saturated carbocycles. The fourth-order valence-corrected chi connectivity index (χ4v) is 2.89. The Morgan fingerprint density at radius 2 is 2.42 bits per heavy atom. The molecule has 0 aliphatic carbocycles. The number of anilines is 1. The lowest BCUT2D eigenvalue weighted by atomic mass is 10.1. The molecule has 2 aliphatic heterocycles. The van der Waals surface area contributed by atoms with E-state index in [1.54, 1.807) is 0 Å². The number of ether oxygens (including phenoxy) is 1. The maximum atomic E-state index is 5.51. The molecule has 19 heavy (non-hydrogen) atoms. The van der Waals surface area contributed by atoms with Crippen molar-refractivity contribution < 1.29 is 4.74 Å². The van der Waals surface area contributed by atoms with Gasteiger partial charge in [0.25, 0.3) is 0 Å². The van der Waals surface area contributed by atoms with E-state index in [0.29, 0.717) is 6.04 Å². The van der Waals surface area contributed by atoms with Gasteiger partial charge in [-0.15, -0.1) is 0 Å². The maximum Gasteiger partial charge on any atom is 0.129 e. The van der Waals surface area contributed by atoms with Crippen molar-refractivity contribution in [3.05, 3.63) is 22.9 Å². The van der Waals surface area contributed by atoms with Gasteiger partial charge in [0, 0.05) is 26.2 Å². The van der Waals surface area contributed by atoms with E-state index in [1.807, 2.05) is 7.05 Å². The van der Waals surface area contributed by atoms with E-state index in [9.17, 15) is 0 Å². The quantitative estimate of drug-likeness (QED) is 0.837. The van der Waals surface area contributed by atoms with E-state index in [1.165, 1.54) is 16.8 Å². The number of aromatic nitrogens is 1. The van der Waals surface area contributed by atoms with Gasteiger partial charge >= 0.3 is 0 Å². The van der Waals surface area contributed by atoms with Crippen molar-refractivity contribution in [1.82, 2.24) is 15.6 Å². The highest BCUT2D eigenvalue weighted by atomic mass is 16.5. The third-order valence-corrected chi connectivity index (χ3v) is 3.91. The second kappa shape index (κ2) is 5.45. The summed E-state index contributed by atoms with van der Waals surface area (Å²) in [6.45, 7) is 7.44. The Kier molecular flexibility index (Phi) is 3.68. The van der Waals surface area contributed by atoms with E-state index < -0.39 is 0 Å². The third-order valence-electron chi connectivity index (χ3n) is 3.91. The smallest absolute Gasteiger partial charge is 0.129 e. The Bertz CT molecular complexity index is 463. The van der Waals surface area contributed by atoms with Gasteiger partial charge < -0.3 is 20.3 Å². The van der Waals surface area contributed by atoms with Crippen molar-refractivity contribution in [2.75, 3.05) is 31.7 Å². The summed E-state index contributed by atoms with van der Waals surface area (Å²) in [7, 11) is 1.97. The minimum absolute atomic E-state index is 0.399. The van der Waals surface area contributed by atoms with E-state index in [-0.39, 0.29) is 0 Å². The molecule has 3 rings (SSSR count). The first kappa shape index (κ1) is 12.8. The minimum Gasteiger partial charge on any atom is -0.377 e. The summed E-state index contributed by atoms with van der Waals surface area (Å²) in [5.41, 5.74) is 3.95. The molecule has 2 N–H and O–H groups in total. The van der Waals surface area contributed by atoms with Crippen molar-refractivity contribution in [2.45, 2.75) is 32.6 Å². The summed E-state index contributed by atoms with van der Waals surface area (Å²) in [5.74, 6) is 1.10. The number of hydrogen-bond acceptors (Lipinski definition) is 5. The summed E-state index contributed by atoms with van der Waals surface area (Å²) in [6, 6.07) is 2.65. The van der Waals surface area contributed by atoms with Crippen molar-refractivity contribution >= 4 is 5.82 Å². The van der Waals surface area contributed by atoms with Crippen LogP contribution in [0.15, 0.2) is 6.07 Å². The minimum atomic E-state index is 0.399. The molecule has 1 fully saturated rings. The lowest BCUT2D eigenvalue weighted by molar-refractivity contribution is 0.0985. The van der Waals surface area contributed by atoms with Crippen LogP contribution in [0.3, 0.4) is 0 Å². The van der Waals surface area contributed by atoms with E-state index in [4.69, 9.17) is 9.72 Å². The summed E-state index contributed by atoms with van der Waals surface area (Å²) in [5, 5.41) is 6.64. The molecule has 104 valence electrons. The highest BCUT2D eigenvalue weighted by Crippen LogP contribution is 2.26. The van der Waals surface area contributed by atoms with Gasteiger partial charge in [-0.2, -0.15) is 0 Å². The van der Waals surface area contributed by atoms with Crippen molar-refractivity contribution in [1.29, 1.82) is 0 Å². The molecule has 1 atom stereocenters. The number of hydrogen-bond donors (Lipinski definition) is 2. The van der Waals surface area contributed by atoms with Crippen LogP contribution in [-0.4, -0.2) is 37.8 Å². The lowest BCUT2D eigenvalue weighted by Gasteiger charge is -2.34. The first-order valence-electron chi connectivity index (χ1n) is 7.01. The molecule has 0 radical (unpaired) electrons. The zero-order valence-corrected chi connectivity index (χ0v) is 11.7. The SMILES string of the molecule is CNCc1nc(N2CCOC[C@H]2C)cc2c1CNC2. The van der Waals surface area contributed by atoms with Crippen LogP contribution in [0.4, 0.5) is 5.82 Å². The zero-order chi connectivity index (χ0) is 13.2. The molecule has 2 aliphatic rings. The summed E-state index contributed by atoms with van der Waals surface area (Å²) in [4.78, 5) is 7.24. The molecule has 0 aromatic carbocycles. The van der Waals surface area contributed by atoms with E-state index in [0.717, 1.165) is 45.2 Å². The fraction of sp³-hybridized carbons (Fsp3) is 0.643. The molecular weight excluding hydrogens is 240 g/mol. The summed E-state index contributed by atoms with van der Waals surface area (Å²) >= 11 is 0. The van der Waals surface area contributed by atoms with Gasteiger partial charge in [-0.1, -0.05) is 0 Å². The van der Waals surface area contributed by atoms with E-state index >= 15 is 0 Å². The number of fused-ring (bicyclic) bond motifs is 1. The van der Waals surface area contributed by atoms with Crippen LogP contribution in [0.25, 0.3) is 0 Å². The molecule has 0 spiro atoms.